The average Bonchev–Trinajstić information content (AvgIpc) is 3.34. The molecule has 2 heterocycles. The number of methoxy groups -OCH3 is 1. The van der Waals surface area contributed by atoms with E-state index in [1.807, 2.05) is 54.6 Å². The third-order valence-electron chi connectivity index (χ3n) is 6.17. The van der Waals surface area contributed by atoms with E-state index in [9.17, 15) is 9.90 Å². The number of nitrogens with one attached hydrogen (secondary N) is 1. The molecule has 1 atom stereocenters. The van der Waals surface area contributed by atoms with Crippen LogP contribution in [-0.4, -0.2) is 33.0 Å². The largest absolute Gasteiger partial charge is 0.503 e. The molecule has 1 aromatic heterocycles. The van der Waals surface area contributed by atoms with Crippen molar-refractivity contribution in [3.05, 3.63) is 104 Å². The molecular formula is C28H24BrClN4O4S. The third-order valence-corrected chi connectivity index (χ3v) is 8.03. The van der Waals surface area contributed by atoms with Crippen molar-refractivity contribution in [3.63, 3.8) is 0 Å². The standard InChI is InChI=1S/C28H24BrClN4O4S/c1-16-23(26(36)38-14-17-8-4-3-5-9-17)24(19-12-20(29)25(35)22(13-19)37-2)34-27(31-16)32-28(33-34)39-15-18-10-6-7-11-21(18)30/h3-13,24,35H,14-15H2,1-2H3,(H,31,32,33). The summed E-state index contributed by atoms with van der Waals surface area (Å²) < 4.78 is 13.2. The number of phenols is 1. The molecule has 0 bridgehead atoms. The van der Waals surface area contributed by atoms with Crippen molar-refractivity contribution in [2.24, 2.45) is 0 Å². The maximum Gasteiger partial charge on any atom is 0.338 e. The lowest BCUT2D eigenvalue weighted by molar-refractivity contribution is -0.140. The van der Waals surface area contributed by atoms with Crippen LogP contribution in [0, 0.1) is 0 Å². The molecule has 0 amide bonds. The zero-order valence-electron chi connectivity index (χ0n) is 21.0. The van der Waals surface area contributed by atoms with Crippen LogP contribution in [-0.2, 0) is 21.9 Å². The van der Waals surface area contributed by atoms with Gasteiger partial charge in [-0.15, -0.1) is 5.10 Å². The van der Waals surface area contributed by atoms with E-state index in [1.54, 1.807) is 23.7 Å². The minimum Gasteiger partial charge on any atom is -0.503 e. The van der Waals surface area contributed by atoms with Gasteiger partial charge in [0, 0.05) is 16.5 Å². The Bertz CT molecular complexity index is 1560. The smallest absolute Gasteiger partial charge is 0.338 e. The number of ether oxygens (including phenoxy) is 2. The van der Waals surface area contributed by atoms with Crippen LogP contribution >= 0.6 is 39.3 Å². The lowest BCUT2D eigenvalue weighted by Crippen LogP contribution is -2.29. The second kappa shape index (κ2) is 11.7. The topological polar surface area (TPSA) is 98.5 Å². The summed E-state index contributed by atoms with van der Waals surface area (Å²) in [5.41, 5.74) is 3.44. The highest BCUT2D eigenvalue weighted by molar-refractivity contribution is 9.10. The van der Waals surface area contributed by atoms with Crippen molar-refractivity contribution >= 4 is 51.2 Å². The molecule has 5 rings (SSSR count). The van der Waals surface area contributed by atoms with Gasteiger partial charge in [-0.3, -0.25) is 0 Å². The number of nitrogens with zero attached hydrogens (tertiary/aromatic N) is 3. The summed E-state index contributed by atoms with van der Waals surface area (Å²) >= 11 is 11.2. The lowest BCUT2D eigenvalue weighted by Gasteiger charge is -2.28. The molecule has 0 radical (unpaired) electrons. The predicted octanol–water partition coefficient (Wildman–Crippen LogP) is 6.73. The van der Waals surface area contributed by atoms with E-state index >= 15 is 0 Å². The van der Waals surface area contributed by atoms with E-state index in [0.29, 0.717) is 43.2 Å². The number of esters is 1. The van der Waals surface area contributed by atoms with Gasteiger partial charge >= 0.3 is 5.97 Å². The second-order valence-corrected chi connectivity index (χ2v) is 10.9. The third kappa shape index (κ3) is 5.78. The summed E-state index contributed by atoms with van der Waals surface area (Å²) in [6, 6.07) is 19.8. The van der Waals surface area contributed by atoms with Gasteiger partial charge in [-0.05, 0) is 57.7 Å². The number of thioether (sulfide) groups is 1. The molecule has 1 unspecified atom stereocenters. The molecule has 8 nitrogen and oxygen atoms in total. The van der Waals surface area contributed by atoms with Crippen LogP contribution in [0.4, 0.5) is 5.95 Å². The Morgan fingerprint density at radius 2 is 1.92 bits per heavy atom. The molecule has 11 heteroatoms. The minimum atomic E-state index is -0.697. The molecular weight excluding hydrogens is 604 g/mol. The van der Waals surface area contributed by atoms with Crippen LogP contribution in [0.25, 0.3) is 0 Å². The highest BCUT2D eigenvalue weighted by Crippen LogP contribution is 2.43. The molecule has 39 heavy (non-hydrogen) atoms. The number of anilines is 1. The first-order valence-corrected chi connectivity index (χ1v) is 14.1. The summed E-state index contributed by atoms with van der Waals surface area (Å²) in [5, 5.41) is 19.6. The quantitative estimate of drug-likeness (QED) is 0.164. The number of rotatable bonds is 8. The van der Waals surface area contributed by atoms with E-state index in [1.165, 1.54) is 18.9 Å². The van der Waals surface area contributed by atoms with E-state index in [0.717, 1.165) is 11.1 Å². The van der Waals surface area contributed by atoms with Crippen LogP contribution in [0.15, 0.2) is 87.6 Å². The number of benzene rings is 3. The number of carbonyl (C=O) groups is 1. The van der Waals surface area contributed by atoms with Gasteiger partial charge in [-0.2, -0.15) is 4.98 Å². The fourth-order valence-corrected chi connectivity index (χ4v) is 5.81. The van der Waals surface area contributed by atoms with Gasteiger partial charge in [-0.1, -0.05) is 71.9 Å². The molecule has 3 aromatic carbocycles. The predicted molar refractivity (Wildman–Crippen MR) is 154 cm³/mol. The van der Waals surface area contributed by atoms with Crippen LogP contribution in [0.2, 0.25) is 5.02 Å². The van der Waals surface area contributed by atoms with Gasteiger partial charge in [0.2, 0.25) is 11.1 Å². The number of aromatic nitrogens is 3. The van der Waals surface area contributed by atoms with Crippen molar-refractivity contribution < 1.29 is 19.4 Å². The minimum absolute atomic E-state index is 0.0427. The molecule has 2 N–H and O–H groups in total. The van der Waals surface area contributed by atoms with Crippen molar-refractivity contribution in [2.45, 2.75) is 30.5 Å². The molecule has 200 valence electrons. The van der Waals surface area contributed by atoms with Crippen molar-refractivity contribution in [2.75, 3.05) is 12.4 Å². The van der Waals surface area contributed by atoms with Crippen LogP contribution < -0.4 is 10.1 Å². The molecule has 0 aliphatic carbocycles. The van der Waals surface area contributed by atoms with Gasteiger partial charge in [0.1, 0.15) is 12.6 Å². The molecule has 0 saturated carbocycles. The maximum atomic E-state index is 13.5. The Labute approximate surface area is 243 Å². The average molecular weight is 628 g/mol. The van der Waals surface area contributed by atoms with Gasteiger partial charge in [0.25, 0.3) is 0 Å². The monoisotopic (exact) mass is 626 g/mol. The number of aromatic hydroxyl groups is 1. The Kier molecular flexibility index (Phi) is 8.15. The highest BCUT2D eigenvalue weighted by Gasteiger charge is 2.36. The van der Waals surface area contributed by atoms with Crippen LogP contribution in [0.5, 0.6) is 11.5 Å². The van der Waals surface area contributed by atoms with Crippen molar-refractivity contribution in [3.8, 4) is 11.5 Å². The fraction of sp³-hybridized carbons (Fsp3) is 0.179. The first kappa shape index (κ1) is 27.1. The van der Waals surface area contributed by atoms with Gasteiger partial charge in [0.15, 0.2) is 11.5 Å². The maximum absolute atomic E-state index is 13.5. The molecule has 1 aliphatic rings. The van der Waals surface area contributed by atoms with Crippen LogP contribution in [0.1, 0.15) is 29.7 Å². The Morgan fingerprint density at radius 1 is 1.18 bits per heavy atom. The van der Waals surface area contributed by atoms with E-state index in [2.05, 4.69) is 26.2 Å². The zero-order chi connectivity index (χ0) is 27.5. The zero-order valence-corrected chi connectivity index (χ0v) is 24.2. The first-order valence-electron chi connectivity index (χ1n) is 11.9. The number of halogens is 2. The summed E-state index contributed by atoms with van der Waals surface area (Å²) in [6.45, 7) is 1.92. The second-order valence-electron chi connectivity index (χ2n) is 8.72. The number of carbonyl (C=O) groups excluding carboxylic acids is 1. The van der Waals surface area contributed by atoms with E-state index in [-0.39, 0.29) is 18.1 Å². The van der Waals surface area contributed by atoms with Crippen LogP contribution in [0.3, 0.4) is 0 Å². The number of fused-ring (bicyclic) bond motifs is 1. The van der Waals surface area contributed by atoms with Gasteiger partial charge in [-0.25, -0.2) is 9.48 Å². The lowest BCUT2D eigenvalue weighted by atomic mass is 9.95. The normalized spacial score (nSPS) is 14.5. The van der Waals surface area contributed by atoms with Gasteiger partial charge < -0.3 is 19.9 Å². The first-order chi connectivity index (χ1) is 18.9. The molecule has 4 aromatic rings. The number of hydrogen-bond acceptors (Lipinski definition) is 8. The van der Waals surface area contributed by atoms with Gasteiger partial charge in [0.05, 0.1) is 17.2 Å². The molecule has 1 aliphatic heterocycles. The summed E-state index contributed by atoms with van der Waals surface area (Å²) in [6.07, 6.45) is 0. The summed E-state index contributed by atoms with van der Waals surface area (Å²) in [7, 11) is 1.47. The highest BCUT2D eigenvalue weighted by atomic mass is 79.9. The fourth-order valence-electron chi connectivity index (χ4n) is 4.23. The van der Waals surface area contributed by atoms with E-state index in [4.69, 9.17) is 26.2 Å². The molecule has 0 spiro atoms. The van der Waals surface area contributed by atoms with Crippen molar-refractivity contribution in [1.82, 2.24) is 14.8 Å². The summed E-state index contributed by atoms with van der Waals surface area (Å²) in [5.74, 6) is 0.761. The van der Waals surface area contributed by atoms with E-state index < -0.39 is 12.0 Å². The Hall–Kier alpha value is -3.47. The SMILES string of the molecule is COc1cc(C2C(C(=O)OCc3ccccc3)=C(C)Nc3nc(SCc4ccccc4Cl)nn32)cc(Br)c1O. The number of phenolic OH excluding ortho intramolecular Hbond substituents is 1. The Balaban J connectivity index is 1.51. The number of allylic oxidation sites excluding steroid dienone is 1. The number of hydrogen-bond donors (Lipinski definition) is 2. The Morgan fingerprint density at radius 3 is 2.67 bits per heavy atom. The summed E-state index contributed by atoms with van der Waals surface area (Å²) in [4.78, 5) is 18.2. The molecule has 0 fully saturated rings. The van der Waals surface area contributed by atoms with Crippen molar-refractivity contribution in [1.29, 1.82) is 0 Å². The molecule has 0 saturated heterocycles.